The lowest BCUT2D eigenvalue weighted by molar-refractivity contribution is -0.124. The number of carbonyl (C=O) groups excluding carboxylic acids is 2. The van der Waals surface area contributed by atoms with E-state index >= 15 is 0 Å². The highest BCUT2D eigenvalue weighted by atomic mass is 16.2. The van der Waals surface area contributed by atoms with Crippen LogP contribution < -0.4 is 0 Å². The van der Waals surface area contributed by atoms with Crippen molar-refractivity contribution in [3.8, 4) is 11.1 Å². The highest BCUT2D eigenvalue weighted by Gasteiger charge is 2.39. The third kappa shape index (κ3) is 5.79. The van der Waals surface area contributed by atoms with Crippen molar-refractivity contribution < 1.29 is 9.59 Å². The summed E-state index contributed by atoms with van der Waals surface area (Å²) in [4.78, 5) is 28.3. The van der Waals surface area contributed by atoms with Crippen LogP contribution in [0.15, 0.2) is 54.6 Å². The monoisotopic (exact) mass is 446 g/mol. The Bertz CT molecular complexity index is 967. The molecule has 2 unspecified atom stereocenters. The Hall–Kier alpha value is -2.75. The SMILES string of the molecule is CCC(C(C)=N)C(=O)C[C@](C)(CC)C1CCCN(C(=O)c2ccc(-c3ccccc3)cc2)C1. The number of carbonyl (C=O) groups is 2. The van der Waals surface area contributed by atoms with E-state index in [4.69, 9.17) is 5.41 Å². The largest absolute Gasteiger partial charge is 0.338 e. The normalized spacial score (nSPS) is 18.9. The topological polar surface area (TPSA) is 61.2 Å². The number of hydrogen-bond acceptors (Lipinski definition) is 3. The molecule has 3 rings (SSSR count). The first-order chi connectivity index (χ1) is 15.8. The van der Waals surface area contributed by atoms with Crippen LogP contribution in [0, 0.1) is 22.7 Å². The van der Waals surface area contributed by atoms with Crippen molar-refractivity contribution in [3.63, 3.8) is 0 Å². The van der Waals surface area contributed by atoms with Gasteiger partial charge in [0.2, 0.25) is 0 Å². The molecule has 1 aliphatic rings. The first kappa shape index (κ1) is 24.9. The summed E-state index contributed by atoms with van der Waals surface area (Å²) in [6, 6.07) is 18.1. The Morgan fingerprint density at radius 1 is 1.06 bits per heavy atom. The molecule has 0 saturated carbocycles. The molecule has 1 heterocycles. The highest BCUT2D eigenvalue weighted by molar-refractivity contribution is 6.02. The van der Waals surface area contributed by atoms with Gasteiger partial charge in [0.1, 0.15) is 5.78 Å². The molecular weight excluding hydrogens is 408 g/mol. The van der Waals surface area contributed by atoms with Crippen molar-refractivity contribution in [2.24, 2.45) is 17.3 Å². The average Bonchev–Trinajstić information content (AvgIpc) is 2.84. The van der Waals surface area contributed by atoms with Gasteiger partial charge in [-0.05, 0) is 67.2 Å². The minimum absolute atomic E-state index is 0.0749. The maximum absolute atomic E-state index is 13.3. The summed E-state index contributed by atoms with van der Waals surface area (Å²) in [5.74, 6) is 0.261. The molecule has 1 saturated heterocycles. The van der Waals surface area contributed by atoms with Crippen molar-refractivity contribution in [1.29, 1.82) is 5.41 Å². The fourth-order valence-electron chi connectivity index (χ4n) is 5.20. The lowest BCUT2D eigenvalue weighted by Crippen LogP contribution is -2.46. The first-order valence-electron chi connectivity index (χ1n) is 12.3. The van der Waals surface area contributed by atoms with Gasteiger partial charge in [0.25, 0.3) is 5.91 Å². The second kappa shape index (κ2) is 10.9. The van der Waals surface area contributed by atoms with E-state index < -0.39 is 0 Å². The van der Waals surface area contributed by atoms with E-state index in [-0.39, 0.29) is 28.9 Å². The number of Topliss-reactive ketones (excluding diaryl/α,β-unsaturated/α-hetero) is 1. The Morgan fingerprint density at radius 3 is 2.27 bits per heavy atom. The van der Waals surface area contributed by atoms with E-state index in [1.165, 1.54) is 0 Å². The average molecular weight is 447 g/mol. The Kier molecular flexibility index (Phi) is 8.23. The molecule has 2 aromatic carbocycles. The Morgan fingerprint density at radius 2 is 1.70 bits per heavy atom. The lowest BCUT2D eigenvalue weighted by Gasteiger charge is -2.43. The standard InChI is InChI=1S/C29H38N2O2/c1-5-26(21(3)30)27(32)19-29(4,6-2)25-13-10-18-31(20-25)28(33)24-16-14-23(15-17-24)22-11-8-7-9-12-22/h7-9,11-12,14-17,25-26,30H,5-6,10,13,18-20H2,1-4H3/t25?,26?,29-/m0/s1. The minimum atomic E-state index is -0.277. The molecule has 1 aliphatic heterocycles. The van der Waals surface area contributed by atoms with E-state index in [0.717, 1.165) is 42.5 Å². The van der Waals surface area contributed by atoms with Gasteiger partial charge >= 0.3 is 0 Å². The molecule has 1 fully saturated rings. The van der Waals surface area contributed by atoms with Crippen LogP contribution in [-0.4, -0.2) is 35.4 Å². The summed E-state index contributed by atoms with van der Waals surface area (Å²) in [5, 5.41) is 7.97. The summed E-state index contributed by atoms with van der Waals surface area (Å²) in [7, 11) is 0. The molecule has 3 atom stereocenters. The Labute approximate surface area is 198 Å². The molecule has 1 amide bonds. The van der Waals surface area contributed by atoms with E-state index in [0.29, 0.717) is 25.1 Å². The van der Waals surface area contributed by atoms with Gasteiger partial charge in [-0.15, -0.1) is 0 Å². The molecule has 176 valence electrons. The quantitative estimate of drug-likeness (QED) is 0.439. The third-order valence-corrected chi connectivity index (χ3v) is 7.64. The summed E-state index contributed by atoms with van der Waals surface area (Å²) in [6.07, 6.45) is 4.06. The number of nitrogens with one attached hydrogen (secondary N) is 1. The van der Waals surface area contributed by atoms with Gasteiger partial charge in [0.05, 0.1) is 5.92 Å². The zero-order valence-corrected chi connectivity index (χ0v) is 20.6. The van der Waals surface area contributed by atoms with Crippen LogP contribution in [0.1, 0.15) is 70.2 Å². The first-order valence-corrected chi connectivity index (χ1v) is 12.3. The van der Waals surface area contributed by atoms with E-state index in [2.05, 4.69) is 26.0 Å². The van der Waals surface area contributed by atoms with Gasteiger partial charge < -0.3 is 10.3 Å². The smallest absolute Gasteiger partial charge is 0.253 e. The maximum Gasteiger partial charge on any atom is 0.253 e. The number of piperidine rings is 1. The molecule has 33 heavy (non-hydrogen) atoms. The number of nitrogens with zero attached hydrogens (tertiary/aromatic N) is 1. The molecule has 0 bridgehead atoms. The second-order valence-electron chi connectivity index (χ2n) is 9.83. The van der Waals surface area contributed by atoms with Crippen molar-refractivity contribution in [2.75, 3.05) is 13.1 Å². The summed E-state index contributed by atoms with van der Waals surface area (Å²) < 4.78 is 0. The summed E-state index contributed by atoms with van der Waals surface area (Å²) in [6.45, 7) is 9.52. The molecule has 4 heteroatoms. The van der Waals surface area contributed by atoms with Gasteiger partial charge in [-0.2, -0.15) is 0 Å². The second-order valence-corrected chi connectivity index (χ2v) is 9.83. The van der Waals surface area contributed by atoms with Crippen LogP contribution in [0.4, 0.5) is 0 Å². The number of amides is 1. The summed E-state index contributed by atoms with van der Waals surface area (Å²) in [5.41, 5.74) is 3.27. The van der Waals surface area contributed by atoms with Crippen molar-refractivity contribution >= 4 is 17.4 Å². The number of hydrogen-bond donors (Lipinski definition) is 1. The predicted molar refractivity (Wildman–Crippen MR) is 136 cm³/mol. The maximum atomic E-state index is 13.3. The van der Waals surface area contributed by atoms with Gasteiger partial charge in [-0.25, -0.2) is 0 Å². The van der Waals surface area contributed by atoms with Crippen LogP contribution in [0.3, 0.4) is 0 Å². The molecule has 4 nitrogen and oxygen atoms in total. The molecule has 0 aliphatic carbocycles. The molecule has 0 radical (unpaired) electrons. The van der Waals surface area contributed by atoms with Gasteiger partial charge in [-0.3, -0.25) is 9.59 Å². The lowest BCUT2D eigenvalue weighted by atomic mass is 9.67. The van der Waals surface area contributed by atoms with Crippen molar-refractivity contribution in [1.82, 2.24) is 4.90 Å². The predicted octanol–water partition coefficient (Wildman–Crippen LogP) is 6.65. The zero-order valence-electron chi connectivity index (χ0n) is 20.6. The zero-order chi connectivity index (χ0) is 24.0. The van der Waals surface area contributed by atoms with E-state index in [1.807, 2.05) is 54.3 Å². The fraction of sp³-hybridized carbons (Fsp3) is 0.483. The Balaban J connectivity index is 1.71. The minimum Gasteiger partial charge on any atom is -0.338 e. The van der Waals surface area contributed by atoms with Gasteiger partial charge in [0, 0.05) is 30.8 Å². The molecule has 1 N–H and O–H groups in total. The summed E-state index contributed by atoms with van der Waals surface area (Å²) >= 11 is 0. The van der Waals surface area contributed by atoms with Gasteiger partial charge in [0.15, 0.2) is 0 Å². The van der Waals surface area contributed by atoms with E-state index in [1.54, 1.807) is 6.92 Å². The van der Waals surface area contributed by atoms with Crippen LogP contribution in [-0.2, 0) is 4.79 Å². The van der Waals surface area contributed by atoms with Crippen LogP contribution in [0.5, 0.6) is 0 Å². The highest BCUT2D eigenvalue weighted by Crippen LogP contribution is 2.41. The third-order valence-electron chi connectivity index (χ3n) is 7.64. The molecule has 0 aromatic heterocycles. The molecular formula is C29H38N2O2. The number of rotatable bonds is 9. The van der Waals surface area contributed by atoms with Gasteiger partial charge in [-0.1, -0.05) is 63.2 Å². The fourth-order valence-corrected chi connectivity index (χ4v) is 5.20. The van der Waals surface area contributed by atoms with Crippen molar-refractivity contribution in [3.05, 3.63) is 60.2 Å². The van der Waals surface area contributed by atoms with E-state index in [9.17, 15) is 9.59 Å². The molecule has 2 aromatic rings. The van der Waals surface area contributed by atoms with Crippen LogP contribution in [0.25, 0.3) is 11.1 Å². The van der Waals surface area contributed by atoms with Crippen molar-refractivity contribution in [2.45, 2.75) is 59.8 Å². The van der Waals surface area contributed by atoms with Crippen LogP contribution >= 0.6 is 0 Å². The number of likely N-dealkylation sites (tertiary alicyclic amines) is 1. The number of ketones is 1. The van der Waals surface area contributed by atoms with Crippen LogP contribution in [0.2, 0.25) is 0 Å². The molecule has 0 spiro atoms. The number of benzene rings is 2.